The van der Waals surface area contributed by atoms with Crippen LogP contribution in [0, 0.1) is 19.3 Å². The van der Waals surface area contributed by atoms with Gasteiger partial charge in [-0.05, 0) is 49.4 Å². The molecule has 4 heteroatoms. The summed E-state index contributed by atoms with van der Waals surface area (Å²) in [5, 5.41) is 4.55. The average molecular weight is 312 g/mol. The molecule has 0 saturated carbocycles. The fourth-order valence-corrected chi connectivity index (χ4v) is 3.51. The predicted molar refractivity (Wildman–Crippen MR) is 94.7 cm³/mol. The molecular weight excluding hydrogens is 284 g/mol. The van der Waals surface area contributed by atoms with Gasteiger partial charge < -0.3 is 5.73 Å². The summed E-state index contributed by atoms with van der Waals surface area (Å²) in [5.74, 6) is 0. The van der Waals surface area contributed by atoms with Gasteiger partial charge in [-0.15, -0.1) is 0 Å². The van der Waals surface area contributed by atoms with Gasteiger partial charge in [-0.1, -0.05) is 26.0 Å². The van der Waals surface area contributed by atoms with Gasteiger partial charge in [0.05, 0.1) is 11.4 Å². The Bertz CT molecular complexity index is 669. The largest absolute Gasteiger partial charge is 0.327 e. The van der Waals surface area contributed by atoms with Gasteiger partial charge in [-0.25, -0.2) is 4.68 Å². The van der Waals surface area contributed by atoms with E-state index in [2.05, 4.69) is 61.1 Å². The third-order valence-corrected chi connectivity index (χ3v) is 4.99. The van der Waals surface area contributed by atoms with Gasteiger partial charge in [0.25, 0.3) is 0 Å². The van der Waals surface area contributed by atoms with E-state index in [0.29, 0.717) is 6.04 Å². The van der Waals surface area contributed by atoms with Crippen LogP contribution >= 0.6 is 0 Å². The lowest BCUT2D eigenvalue weighted by atomic mass is 9.79. The van der Waals surface area contributed by atoms with Gasteiger partial charge in [0, 0.05) is 31.4 Å². The van der Waals surface area contributed by atoms with Crippen LogP contribution in [0.3, 0.4) is 0 Å². The van der Waals surface area contributed by atoms with Crippen LogP contribution in [-0.2, 0) is 6.54 Å². The van der Waals surface area contributed by atoms with Crippen LogP contribution in [0.4, 0.5) is 0 Å². The lowest BCUT2D eigenvalue weighted by Crippen LogP contribution is -2.52. The first-order valence-corrected chi connectivity index (χ1v) is 8.46. The molecule has 124 valence electrons. The van der Waals surface area contributed by atoms with E-state index in [-0.39, 0.29) is 5.41 Å². The van der Waals surface area contributed by atoms with Gasteiger partial charge in [-0.3, -0.25) is 4.90 Å². The number of piperidine rings is 1. The van der Waals surface area contributed by atoms with E-state index < -0.39 is 0 Å². The number of aryl methyl sites for hydroxylation is 2. The SMILES string of the molecule is Cc1cc(C)n(-c2ccc(CN3CCC(N)C(C)(C)C3)cc2)n1. The molecule has 0 aliphatic carbocycles. The lowest BCUT2D eigenvalue weighted by molar-refractivity contribution is 0.0899. The van der Waals surface area contributed by atoms with Crippen molar-refractivity contribution < 1.29 is 0 Å². The minimum absolute atomic E-state index is 0.196. The molecule has 1 unspecified atom stereocenters. The van der Waals surface area contributed by atoms with Crippen LogP contribution in [0.2, 0.25) is 0 Å². The molecule has 1 aromatic heterocycles. The van der Waals surface area contributed by atoms with Crippen LogP contribution in [0.25, 0.3) is 5.69 Å². The molecule has 3 rings (SSSR count). The highest BCUT2D eigenvalue weighted by molar-refractivity contribution is 5.36. The molecular formula is C19H28N4. The minimum atomic E-state index is 0.196. The second-order valence-electron chi connectivity index (χ2n) is 7.60. The molecule has 4 nitrogen and oxygen atoms in total. The zero-order valence-corrected chi connectivity index (χ0v) is 14.7. The summed E-state index contributed by atoms with van der Waals surface area (Å²) in [6.07, 6.45) is 1.08. The Labute approximate surface area is 139 Å². The maximum Gasteiger partial charge on any atom is 0.0648 e. The number of nitrogens with two attached hydrogens (primary N) is 1. The molecule has 2 aromatic rings. The highest BCUT2D eigenvalue weighted by Crippen LogP contribution is 2.28. The number of hydrogen-bond acceptors (Lipinski definition) is 3. The van der Waals surface area contributed by atoms with E-state index in [1.54, 1.807) is 0 Å². The standard InChI is InChI=1S/C19H28N4/c1-14-11-15(2)23(21-14)17-7-5-16(6-8-17)12-22-10-9-18(20)19(3,4)13-22/h5-8,11,18H,9-10,12-13,20H2,1-4H3. The van der Waals surface area contributed by atoms with E-state index in [4.69, 9.17) is 5.73 Å². The average Bonchev–Trinajstić information content (AvgIpc) is 2.82. The van der Waals surface area contributed by atoms with Crippen molar-refractivity contribution in [3.63, 3.8) is 0 Å². The summed E-state index contributed by atoms with van der Waals surface area (Å²) >= 11 is 0. The second-order valence-corrected chi connectivity index (χ2v) is 7.60. The first kappa shape index (κ1) is 16.2. The zero-order chi connectivity index (χ0) is 16.6. The summed E-state index contributed by atoms with van der Waals surface area (Å²) in [6, 6.07) is 11.2. The van der Waals surface area contributed by atoms with Crippen molar-refractivity contribution in [2.75, 3.05) is 13.1 Å². The molecule has 1 atom stereocenters. The van der Waals surface area contributed by atoms with Gasteiger partial charge in [-0.2, -0.15) is 5.10 Å². The molecule has 1 aliphatic heterocycles. The summed E-state index contributed by atoms with van der Waals surface area (Å²) in [7, 11) is 0. The molecule has 1 aromatic carbocycles. The Kier molecular flexibility index (Phi) is 4.30. The predicted octanol–water partition coefficient (Wildman–Crippen LogP) is 3.05. The third kappa shape index (κ3) is 3.48. The zero-order valence-electron chi connectivity index (χ0n) is 14.7. The number of hydrogen-bond donors (Lipinski definition) is 1. The molecule has 0 radical (unpaired) electrons. The maximum atomic E-state index is 6.23. The first-order chi connectivity index (χ1) is 10.8. The topological polar surface area (TPSA) is 47.1 Å². The van der Waals surface area contributed by atoms with Gasteiger partial charge in [0.1, 0.15) is 0 Å². The van der Waals surface area contributed by atoms with Crippen molar-refractivity contribution in [3.8, 4) is 5.69 Å². The molecule has 1 aliphatic rings. The summed E-state index contributed by atoms with van der Waals surface area (Å²) in [4.78, 5) is 2.52. The summed E-state index contributed by atoms with van der Waals surface area (Å²) in [6.45, 7) is 11.8. The van der Waals surface area contributed by atoms with Crippen molar-refractivity contribution in [1.82, 2.24) is 14.7 Å². The number of benzene rings is 1. The quantitative estimate of drug-likeness (QED) is 0.947. The molecule has 1 saturated heterocycles. The van der Waals surface area contributed by atoms with Crippen molar-refractivity contribution in [2.45, 2.75) is 46.7 Å². The lowest BCUT2D eigenvalue weighted by Gasteiger charge is -2.42. The Hall–Kier alpha value is -1.65. The Balaban J connectivity index is 1.70. The fourth-order valence-electron chi connectivity index (χ4n) is 3.51. The van der Waals surface area contributed by atoms with Crippen LogP contribution in [0.1, 0.15) is 37.2 Å². The molecule has 2 N–H and O–H groups in total. The Morgan fingerprint density at radius 1 is 1.22 bits per heavy atom. The number of aromatic nitrogens is 2. The van der Waals surface area contributed by atoms with Gasteiger partial charge in [0.2, 0.25) is 0 Å². The molecule has 0 spiro atoms. The number of nitrogens with zero attached hydrogens (tertiary/aromatic N) is 3. The Morgan fingerprint density at radius 2 is 1.91 bits per heavy atom. The first-order valence-electron chi connectivity index (χ1n) is 8.46. The monoisotopic (exact) mass is 312 g/mol. The van der Waals surface area contributed by atoms with Crippen LogP contribution in [0.5, 0.6) is 0 Å². The number of likely N-dealkylation sites (tertiary alicyclic amines) is 1. The molecule has 0 bridgehead atoms. The molecule has 2 heterocycles. The van der Waals surface area contributed by atoms with E-state index in [1.165, 1.54) is 11.3 Å². The van der Waals surface area contributed by atoms with E-state index in [0.717, 1.165) is 37.4 Å². The second kappa shape index (κ2) is 6.10. The van der Waals surface area contributed by atoms with Crippen molar-refractivity contribution in [1.29, 1.82) is 0 Å². The third-order valence-electron chi connectivity index (χ3n) is 4.99. The summed E-state index contributed by atoms with van der Waals surface area (Å²) in [5.41, 5.74) is 11.1. The highest BCUT2D eigenvalue weighted by atomic mass is 15.3. The van der Waals surface area contributed by atoms with Crippen LogP contribution < -0.4 is 5.73 Å². The minimum Gasteiger partial charge on any atom is -0.327 e. The highest BCUT2D eigenvalue weighted by Gasteiger charge is 2.33. The molecule has 0 amide bonds. The van der Waals surface area contributed by atoms with Crippen molar-refractivity contribution in [3.05, 3.63) is 47.3 Å². The number of rotatable bonds is 3. The Morgan fingerprint density at radius 3 is 2.48 bits per heavy atom. The van der Waals surface area contributed by atoms with Gasteiger partial charge in [0.15, 0.2) is 0 Å². The molecule has 1 fully saturated rings. The fraction of sp³-hybridized carbons (Fsp3) is 0.526. The molecule has 23 heavy (non-hydrogen) atoms. The van der Waals surface area contributed by atoms with Crippen molar-refractivity contribution >= 4 is 0 Å². The van der Waals surface area contributed by atoms with Crippen LogP contribution in [0.15, 0.2) is 30.3 Å². The summed E-state index contributed by atoms with van der Waals surface area (Å²) < 4.78 is 2.00. The van der Waals surface area contributed by atoms with E-state index >= 15 is 0 Å². The van der Waals surface area contributed by atoms with E-state index in [1.807, 2.05) is 11.6 Å². The smallest absolute Gasteiger partial charge is 0.0648 e. The van der Waals surface area contributed by atoms with Crippen LogP contribution in [-0.4, -0.2) is 33.8 Å². The van der Waals surface area contributed by atoms with E-state index in [9.17, 15) is 0 Å². The maximum absolute atomic E-state index is 6.23. The van der Waals surface area contributed by atoms with Gasteiger partial charge >= 0.3 is 0 Å². The van der Waals surface area contributed by atoms with Crippen molar-refractivity contribution in [2.24, 2.45) is 11.1 Å². The normalized spacial score (nSPS) is 21.5.